The molecule has 0 aromatic heterocycles. The Morgan fingerprint density at radius 1 is 1.15 bits per heavy atom. The molecule has 0 saturated carbocycles. The molecule has 0 fully saturated rings. The summed E-state index contributed by atoms with van der Waals surface area (Å²) < 4.78 is 27.3. The summed E-state index contributed by atoms with van der Waals surface area (Å²) in [6, 6.07) is 6.05. The number of hydrogen-bond donors (Lipinski definition) is 1. The molecule has 0 radical (unpaired) electrons. The predicted octanol–water partition coefficient (Wildman–Crippen LogP) is 3.60. The van der Waals surface area contributed by atoms with E-state index >= 15 is 0 Å². The molecule has 0 aliphatic rings. The summed E-state index contributed by atoms with van der Waals surface area (Å²) in [5, 5.41) is 0. The number of hydrogen-bond acceptors (Lipinski definition) is 2. The Labute approximate surface area is 82.1 Å². The van der Waals surface area contributed by atoms with Gasteiger partial charge in [0.1, 0.15) is 5.75 Å². The van der Waals surface area contributed by atoms with Gasteiger partial charge in [-0.15, -0.1) is 12.6 Å². The van der Waals surface area contributed by atoms with Crippen LogP contribution < -0.4 is 4.74 Å². The lowest BCUT2D eigenvalue weighted by molar-refractivity contribution is -0.0498. The zero-order chi connectivity index (χ0) is 10.3. The smallest absolute Gasteiger partial charge is 0.387 e. The van der Waals surface area contributed by atoms with E-state index in [2.05, 4.69) is 17.4 Å². The molecule has 0 aliphatic carbocycles. The maximum atomic E-state index is 11.6. The minimum absolute atomic E-state index is 0.151. The summed E-state index contributed by atoms with van der Waals surface area (Å²) in [6.45, 7) is 1.24. The highest BCUT2D eigenvalue weighted by atomic mass is 32.1. The second-order valence-corrected chi connectivity index (χ2v) is 2.39. The minimum atomic E-state index is -2.76. The van der Waals surface area contributed by atoms with Gasteiger partial charge < -0.3 is 4.74 Å². The van der Waals surface area contributed by atoms with Gasteiger partial charge in [-0.2, -0.15) is 8.78 Å². The third-order valence-corrected chi connectivity index (χ3v) is 1.36. The van der Waals surface area contributed by atoms with Crippen molar-refractivity contribution in [1.29, 1.82) is 0 Å². The van der Waals surface area contributed by atoms with Gasteiger partial charge in [0, 0.05) is 4.90 Å². The van der Waals surface area contributed by atoms with Crippen molar-refractivity contribution >= 4 is 12.6 Å². The molecule has 0 amide bonds. The van der Waals surface area contributed by atoms with E-state index in [1.165, 1.54) is 12.1 Å². The fourth-order valence-corrected chi connectivity index (χ4v) is 0.777. The number of thiol groups is 1. The van der Waals surface area contributed by atoms with E-state index in [0.29, 0.717) is 4.90 Å². The molecule has 0 bridgehead atoms. The van der Waals surface area contributed by atoms with Crippen LogP contribution >= 0.6 is 12.6 Å². The summed E-state index contributed by atoms with van der Waals surface area (Å²) in [7, 11) is 0. The lowest BCUT2D eigenvalue weighted by atomic mass is 10.3. The van der Waals surface area contributed by atoms with Gasteiger partial charge in [0.25, 0.3) is 0 Å². The average molecular weight is 206 g/mol. The van der Waals surface area contributed by atoms with E-state index in [0.717, 1.165) is 0 Å². The Kier molecular flexibility index (Phi) is 6.32. The first-order valence-electron chi connectivity index (χ1n) is 3.92. The molecule has 1 aromatic rings. The van der Waals surface area contributed by atoms with Crippen LogP contribution in [0.25, 0.3) is 0 Å². The second-order valence-electron chi connectivity index (χ2n) is 1.87. The monoisotopic (exact) mass is 206 g/mol. The molecule has 74 valence electrons. The number of alkyl halides is 2. The second kappa shape index (κ2) is 6.71. The molecule has 13 heavy (non-hydrogen) atoms. The number of halogens is 2. The zero-order valence-electron chi connectivity index (χ0n) is 7.50. The van der Waals surface area contributed by atoms with Crippen LogP contribution in [-0.4, -0.2) is 6.61 Å². The highest BCUT2D eigenvalue weighted by Gasteiger charge is 2.02. The summed E-state index contributed by atoms with van der Waals surface area (Å²) >= 11 is 3.98. The Bertz CT molecular complexity index is 224. The molecule has 1 rings (SSSR count). The number of benzene rings is 1. The molecule has 1 nitrogen and oxygen atoms in total. The molecule has 0 spiro atoms. The molecular weight excluding hydrogens is 194 g/mol. The van der Waals surface area contributed by atoms with Gasteiger partial charge in [-0.1, -0.05) is 13.8 Å². The molecule has 0 atom stereocenters. The standard InChI is InChI=1S/C7H6F2OS.C2H6/c8-7(9)10-5-1-3-6(11)4-2-5;1-2/h1-4,7,11H;1-2H3. The summed E-state index contributed by atoms with van der Waals surface area (Å²) in [4.78, 5) is 0.714. The fraction of sp³-hybridized carbons (Fsp3) is 0.333. The van der Waals surface area contributed by atoms with Crippen molar-refractivity contribution in [3.63, 3.8) is 0 Å². The summed E-state index contributed by atoms with van der Waals surface area (Å²) in [5.41, 5.74) is 0. The van der Waals surface area contributed by atoms with E-state index in [1.54, 1.807) is 12.1 Å². The maximum Gasteiger partial charge on any atom is 0.387 e. The summed E-state index contributed by atoms with van der Waals surface area (Å²) in [6.07, 6.45) is 0. The van der Waals surface area contributed by atoms with Crippen molar-refractivity contribution in [3.8, 4) is 5.75 Å². The van der Waals surface area contributed by atoms with Crippen LogP contribution in [0, 0.1) is 0 Å². The third-order valence-electron chi connectivity index (χ3n) is 1.06. The third kappa shape index (κ3) is 5.47. The quantitative estimate of drug-likeness (QED) is 0.727. The Morgan fingerprint density at radius 2 is 1.62 bits per heavy atom. The van der Waals surface area contributed by atoms with Gasteiger partial charge in [-0.3, -0.25) is 0 Å². The van der Waals surface area contributed by atoms with Crippen LogP contribution in [0.2, 0.25) is 0 Å². The Balaban J connectivity index is 0.000000671. The van der Waals surface area contributed by atoms with E-state index < -0.39 is 6.61 Å². The molecule has 1 aromatic carbocycles. The van der Waals surface area contributed by atoms with Gasteiger partial charge in [0.05, 0.1) is 0 Å². The zero-order valence-corrected chi connectivity index (χ0v) is 8.39. The molecule has 4 heteroatoms. The van der Waals surface area contributed by atoms with E-state index in [4.69, 9.17) is 0 Å². The first-order chi connectivity index (χ1) is 6.18. The topological polar surface area (TPSA) is 9.23 Å². The van der Waals surface area contributed by atoms with Crippen molar-refractivity contribution in [3.05, 3.63) is 24.3 Å². The normalized spacial score (nSPS) is 9.08. The number of ether oxygens (including phenoxy) is 1. The van der Waals surface area contributed by atoms with Gasteiger partial charge in [-0.05, 0) is 24.3 Å². The molecule has 0 unspecified atom stereocenters. The Morgan fingerprint density at radius 3 is 2.00 bits per heavy atom. The van der Waals surface area contributed by atoms with Crippen molar-refractivity contribution in [2.24, 2.45) is 0 Å². The largest absolute Gasteiger partial charge is 0.435 e. The predicted molar refractivity (Wildman–Crippen MR) is 51.7 cm³/mol. The SMILES string of the molecule is CC.FC(F)Oc1ccc(S)cc1. The van der Waals surface area contributed by atoms with Crippen LogP contribution in [0.3, 0.4) is 0 Å². The minimum Gasteiger partial charge on any atom is -0.435 e. The highest BCUT2D eigenvalue weighted by Crippen LogP contribution is 2.16. The van der Waals surface area contributed by atoms with E-state index in [1.807, 2.05) is 13.8 Å². The molecule has 0 aliphatic heterocycles. The van der Waals surface area contributed by atoms with Crippen LogP contribution in [0.5, 0.6) is 5.75 Å². The highest BCUT2D eigenvalue weighted by molar-refractivity contribution is 7.80. The van der Waals surface area contributed by atoms with Crippen molar-refractivity contribution in [2.45, 2.75) is 25.4 Å². The average Bonchev–Trinajstić information content (AvgIpc) is 2.12. The Hall–Kier alpha value is -0.770. The maximum absolute atomic E-state index is 11.6. The fourth-order valence-electron chi connectivity index (χ4n) is 0.628. The molecular formula is C9H12F2OS. The lowest BCUT2D eigenvalue weighted by Crippen LogP contribution is -2.01. The van der Waals surface area contributed by atoms with E-state index in [9.17, 15) is 8.78 Å². The summed E-state index contributed by atoms with van der Waals surface area (Å²) in [5.74, 6) is 0.151. The molecule has 0 heterocycles. The lowest BCUT2D eigenvalue weighted by Gasteiger charge is -2.02. The van der Waals surface area contributed by atoms with Gasteiger partial charge >= 0.3 is 6.61 Å². The van der Waals surface area contributed by atoms with Crippen LogP contribution in [0.1, 0.15) is 13.8 Å². The van der Waals surface area contributed by atoms with Crippen LogP contribution in [0.4, 0.5) is 8.78 Å². The molecule has 0 N–H and O–H groups in total. The first kappa shape index (κ1) is 12.2. The van der Waals surface area contributed by atoms with Gasteiger partial charge in [0.15, 0.2) is 0 Å². The van der Waals surface area contributed by atoms with Gasteiger partial charge in [0.2, 0.25) is 0 Å². The molecule has 0 saturated heterocycles. The van der Waals surface area contributed by atoms with Crippen LogP contribution in [0.15, 0.2) is 29.2 Å². The van der Waals surface area contributed by atoms with Crippen molar-refractivity contribution in [2.75, 3.05) is 0 Å². The van der Waals surface area contributed by atoms with Crippen LogP contribution in [-0.2, 0) is 0 Å². The van der Waals surface area contributed by atoms with Crippen molar-refractivity contribution in [1.82, 2.24) is 0 Å². The van der Waals surface area contributed by atoms with Crippen molar-refractivity contribution < 1.29 is 13.5 Å². The first-order valence-corrected chi connectivity index (χ1v) is 4.37. The van der Waals surface area contributed by atoms with Gasteiger partial charge in [-0.25, -0.2) is 0 Å². The number of rotatable bonds is 2. The van der Waals surface area contributed by atoms with E-state index in [-0.39, 0.29) is 5.75 Å².